The first kappa shape index (κ1) is 15.6. The molecule has 0 spiro atoms. The van der Waals surface area contributed by atoms with E-state index < -0.39 is 17.6 Å². The van der Waals surface area contributed by atoms with Crippen LogP contribution in [-0.4, -0.2) is 18.0 Å². The molecule has 0 unspecified atom stereocenters. The Bertz CT molecular complexity index is 523. The van der Waals surface area contributed by atoms with Crippen LogP contribution in [0, 0.1) is 0 Å². The van der Waals surface area contributed by atoms with Crippen LogP contribution in [0.25, 0.3) is 0 Å². The van der Waals surface area contributed by atoms with Crippen molar-refractivity contribution < 1.29 is 18.0 Å². The smallest absolute Gasteiger partial charge is 0.382 e. The van der Waals surface area contributed by atoms with Crippen molar-refractivity contribution in [2.45, 2.75) is 43.9 Å². The van der Waals surface area contributed by atoms with E-state index in [0.717, 1.165) is 37.8 Å². The number of anilines is 1. The number of nitrogens with one attached hydrogen (secondary N) is 1. The van der Waals surface area contributed by atoms with Crippen molar-refractivity contribution in [3.05, 3.63) is 29.3 Å². The van der Waals surface area contributed by atoms with E-state index in [2.05, 4.69) is 5.32 Å². The third kappa shape index (κ3) is 3.87. The fraction of sp³-hybridized carbons (Fsp3) is 0.500. The summed E-state index contributed by atoms with van der Waals surface area (Å²) in [5.74, 6) is -0.879. The Balaban J connectivity index is 2.21. The van der Waals surface area contributed by atoms with Gasteiger partial charge in [-0.2, -0.15) is 13.2 Å². The van der Waals surface area contributed by atoms with Gasteiger partial charge in [0.2, 0.25) is 0 Å². The molecule has 7 heteroatoms. The maximum atomic E-state index is 12.7. The van der Waals surface area contributed by atoms with Crippen molar-refractivity contribution in [3.8, 4) is 0 Å². The van der Waals surface area contributed by atoms with Gasteiger partial charge in [-0.3, -0.25) is 4.79 Å². The molecule has 1 aliphatic carbocycles. The number of nitrogens with two attached hydrogens (primary N) is 2. The minimum absolute atomic E-state index is 0.0969. The first-order valence-electron chi connectivity index (χ1n) is 6.80. The van der Waals surface area contributed by atoms with Gasteiger partial charge >= 0.3 is 6.18 Å². The van der Waals surface area contributed by atoms with E-state index >= 15 is 0 Å². The highest BCUT2D eigenvalue weighted by molar-refractivity contribution is 5.98. The van der Waals surface area contributed by atoms with Crippen LogP contribution in [0.2, 0.25) is 0 Å². The summed E-state index contributed by atoms with van der Waals surface area (Å²) in [5.41, 5.74) is 10.3. The molecule has 1 aromatic rings. The normalized spacial score (nSPS) is 22.9. The van der Waals surface area contributed by atoms with Gasteiger partial charge in [0.05, 0.1) is 11.1 Å². The Morgan fingerprint density at radius 1 is 1.19 bits per heavy atom. The number of amides is 1. The van der Waals surface area contributed by atoms with E-state index in [4.69, 9.17) is 11.5 Å². The molecule has 1 saturated carbocycles. The van der Waals surface area contributed by atoms with Crippen molar-refractivity contribution in [2.75, 3.05) is 5.32 Å². The zero-order chi connectivity index (χ0) is 15.6. The van der Waals surface area contributed by atoms with Gasteiger partial charge in [0.15, 0.2) is 0 Å². The van der Waals surface area contributed by atoms with E-state index in [0.29, 0.717) is 5.69 Å². The molecule has 2 rings (SSSR count). The molecule has 0 aromatic heterocycles. The first-order valence-corrected chi connectivity index (χ1v) is 6.80. The number of carbonyl (C=O) groups excluding carboxylic acids is 1. The molecule has 0 atom stereocenters. The number of alkyl halides is 3. The van der Waals surface area contributed by atoms with Crippen LogP contribution in [-0.2, 0) is 6.18 Å². The molecule has 0 aliphatic heterocycles. The van der Waals surface area contributed by atoms with Gasteiger partial charge in [-0.05, 0) is 43.9 Å². The van der Waals surface area contributed by atoms with Crippen molar-refractivity contribution in [1.82, 2.24) is 0 Å². The highest BCUT2D eigenvalue weighted by Crippen LogP contribution is 2.32. The van der Waals surface area contributed by atoms with Gasteiger partial charge in [0, 0.05) is 17.8 Å². The maximum absolute atomic E-state index is 12.7. The number of rotatable bonds is 3. The molecule has 116 valence electrons. The summed E-state index contributed by atoms with van der Waals surface area (Å²) in [4.78, 5) is 11.4. The highest BCUT2D eigenvalue weighted by atomic mass is 19.4. The lowest BCUT2D eigenvalue weighted by atomic mass is 9.91. The van der Waals surface area contributed by atoms with Gasteiger partial charge in [-0.25, -0.2) is 0 Å². The molecule has 4 nitrogen and oxygen atoms in total. The lowest BCUT2D eigenvalue weighted by Gasteiger charge is -2.28. The fourth-order valence-corrected chi connectivity index (χ4v) is 2.53. The number of hydrogen-bond acceptors (Lipinski definition) is 3. The SMILES string of the molecule is NC(=O)c1cc(C(F)(F)F)ccc1NC1CCC(N)CC1. The van der Waals surface area contributed by atoms with E-state index in [-0.39, 0.29) is 17.6 Å². The second-order valence-corrected chi connectivity index (χ2v) is 5.38. The number of halogens is 3. The van der Waals surface area contributed by atoms with Crippen molar-refractivity contribution in [1.29, 1.82) is 0 Å². The average Bonchev–Trinajstić information content (AvgIpc) is 2.40. The summed E-state index contributed by atoms with van der Waals surface area (Å²) >= 11 is 0. The summed E-state index contributed by atoms with van der Waals surface area (Å²) in [6.07, 6.45) is -1.16. The van der Waals surface area contributed by atoms with Crippen LogP contribution in [0.5, 0.6) is 0 Å². The van der Waals surface area contributed by atoms with Crippen LogP contribution in [0.15, 0.2) is 18.2 Å². The van der Waals surface area contributed by atoms with Gasteiger partial charge in [0.25, 0.3) is 5.91 Å². The van der Waals surface area contributed by atoms with Crippen LogP contribution >= 0.6 is 0 Å². The van der Waals surface area contributed by atoms with Gasteiger partial charge in [-0.1, -0.05) is 0 Å². The maximum Gasteiger partial charge on any atom is 0.416 e. The van der Waals surface area contributed by atoms with E-state index in [1.807, 2.05) is 0 Å². The Morgan fingerprint density at radius 2 is 1.81 bits per heavy atom. The topological polar surface area (TPSA) is 81.1 Å². The standard InChI is InChI=1S/C14H18F3N3O/c15-14(16,17)8-1-6-12(11(7-8)13(19)21)20-10-4-2-9(18)3-5-10/h1,6-7,9-10,20H,2-5,18H2,(H2,19,21). The first-order chi connectivity index (χ1) is 9.77. The van der Waals surface area contributed by atoms with Crippen molar-refractivity contribution >= 4 is 11.6 Å². The Hall–Kier alpha value is -1.76. The zero-order valence-corrected chi connectivity index (χ0v) is 11.4. The molecular formula is C14H18F3N3O. The van der Waals surface area contributed by atoms with Crippen molar-refractivity contribution in [2.24, 2.45) is 11.5 Å². The number of carbonyl (C=O) groups is 1. The average molecular weight is 301 g/mol. The lowest BCUT2D eigenvalue weighted by molar-refractivity contribution is -0.137. The molecule has 1 aliphatic rings. The molecule has 21 heavy (non-hydrogen) atoms. The molecule has 0 bridgehead atoms. The Labute approximate surface area is 120 Å². The minimum Gasteiger partial charge on any atom is -0.382 e. The van der Waals surface area contributed by atoms with Crippen LogP contribution in [0.1, 0.15) is 41.6 Å². The summed E-state index contributed by atoms with van der Waals surface area (Å²) in [6, 6.07) is 3.27. The van der Waals surface area contributed by atoms with E-state index in [1.165, 1.54) is 6.07 Å². The van der Waals surface area contributed by atoms with Crippen LogP contribution in [0.4, 0.5) is 18.9 Å². The van der Waals surface area contributed by atoms with Crippen LogP contribution in [0.3, 0.4) is 0 Å². The second-order valence-electron chi connectivity index (χ2n) is 5.38. The number of primary amides is 1. The largest absolute Gasteiger partial charge is 0.416 e. The highest BCUT2D eigenvalue weighted by Gasteiger charge is 2.32. The summed E-state index contributed by atoms with van der Waals surface area (Å²) in [7, 11) is 0. The molecule has 5 N–H and O–H groups in total. The number of hydrogen-bond donors (Lipinski definition) is 3. The summed E-state index contributed by atoms with van der Waals surface area (Å²) < 4.78 is 38.0. The molecule has 0 radical (unpaired) electrons. The molecule has 1 amide bonds. The molecule has 1 aromatic carbocycles. The lowest BCUT2D eigenvalue weighted by Crippen LogP contribution is -2.33. The molecule has 1 fully saturated rings. The molecule has 0 heterocycles. The third-order valence-corrected chi connectivity index (χ3v) is 3.74. The summed E-state index contributed by atoms with van der Waals surface area (Å²) in [5, 5.41) is 3.11. The van der Waals surface area contributed by atoms with Crippen LogP contribution < -0.4 is 16.8 Å². The van der Waals surface area contributed by atoms with Gasteiger partial charge in [-0.15, -0.1) is 0 Å². The van der Waals surface area contributed by atoms with Gasteiger partial charge in [0.1, 0.15) is 0 Å². The van der Waals surface area contributed by atoms with Gasteiger partial charge < -0.3 is 16.8 Å². The Kier molecular flexibility index (Phi) is 4.41. The molecule has 0 saturated heterocycles. The quantitative estimate of drug-likeness (QED) is 0.802. The monoisotopic (exact) mass is 301 g/mol. The Morgan fingerprint density at radius 3 is 2.33 bits per heavy atom. The fourth-order valence-electron chi connectivity index (χ4n) is 2.53. The zero-order valence-electron chi connectivity index (χ0n) is 11.4. The third-order valence-electron chi connectivity index (χ3n) is 3.74. The molecular weight excluding hydrogens is 283 g/mol. The predicted molar refractivity (Wildman–Crippen MR) is 73.8 cm³/mol. The predicted octanol–water partition coefficient (Wildman–Crippen LogP) is 2.49. The number of benzene rings is 1. The minimum atomic E-state index is -4.50. The van der Waals surface area contributed by atoms with E-state index in [9.17, 15) is 18.0 Å². The summed E-state index contributed by atoms with van der Waals surface area (Å²) in [6.45, 7) is 0. The van der Waals surface area contributed by atoms with Crippen molar-refractivity contribution in [3.63, 3.8) is 0 Å². The van der Waals surface area contributed by atoms with E-state index in [1.54, 1.807) is 0 Å². The second kappa shape index (κ2) is 5.93.